The summed E-state index contributed by atoms with van der Waals surface area (Å²) in [5.41, 5.74) is 2.17. The fourth-order valence-electron chi connectivity index (χ4n) is 5.24. The van der Waals surface area contributed by atoms with Crippen LogP contribution in [-0.4, -0.2) is 40.9 Å². The summed E-state index contributed by atoms with van der Waals surface area (Å²) < 4.78 is 12.1. The Balaban J connectivity index is 1.04. The molecule has 0 bridgehead atoms. The van der Waals surface area contributed by atoms with E-state index in [4.69, 9.17) is 9.47 Å². The molecule has 0 spiro atoms. The minimum absolute atomic E-state index is 0.0356. The molecule has 236 valence electrons. The molecule has 1 saturated carbocycles. The minimum Gasteiger partial charge on any atom is -0.490 e. The smallest absolute Gasteiger partial charge is 0.337 e. The molecule has 1 aliphatic carbocycles. The number of carboxylic acids is 1. The zero-order valence-electron chi connectivity index (χ0n) is 25.3. The van der Waals surface area contributed by atoms with Crippen LogP contribution in [0.2, 0.25) is 0 Å². The molecule has 0 atom stereocenters. The van der Waals surface area contributed by atoms with Gasteiger partial charge in [0.1, 0.15) is 17.2 Å². The molecule has 10 nitrogen and oxygen atoms in total. The maximum atomic E-state index is 12.5. The summed E-state index contributed by atoms with van der Waals surface area (Å²) in [6.45, 7) is 1.49. The second-order valence-corrected chi connectivity index (χ2v) is 11.1. The Labute approximate surface area is 266 Å². The summed E-state index contributed by atoms with van der Waals surface area (Å²) in [6, 6.07) is 27.4. The number of carbonyl (C=O) groups excluding carboxylic acids is 3. The zero-order valence-corrected chi connectivity index (χ0v) is 25.3. The number of rotatable bonds is 11. The van der Waals surface area contributed by atoms with Crippen LogP contribution in [0.15, 0.2) is 97.1 Å². The number of hydrogen-bond acceptors (Lipinski definition) is 6. The molecule has 1 aliphatic rings. The van der Waals surface area contributed by atoms with E-state index in [0.717, 1.165) is 37.0 Å². The lowest BCUT2D eigenvalue weighted by molar-refractivity contribution is -0.115. The number of anilines is 2. The number of ketones is 1. The van der Waals surface area contributed by atoms with E-state index in [0.29, 0.717) is 22.7 Å². The predicted octanol–water partition coefficient (Wildman–Crippen LogP) is 7.07. The number of hydrogen-bond donors (Lipinski definition) is 4. The standard InChI is InChI=1S/C36H35N3O7/c1-23(40)25-5-4-6-27(22-25)38-36(44)37-26-11-15-29(16-12-26)46-31-19-17-30(18-20-31)45-28-13-9-24(10-14-28)21-34(41)39-33-8-3-2-7-32(33)35(42)43/h2-10,13-14,17-20,22,26,29H,11-12,15-16,21H2,1H3,(H,39,41)(H,42,43)(H2,37,38,44). The molecule has 0 unspecified atom stereocenters. The fourth-order valence-corrected chi connectivity index (χ4v) is 5.24. The highest BCUT2D eigenvalue weighted by molar-refractivity contribution is 6.01. The van der Waals surface area contributed by atoms with Crippen LogP contribution in [0.5, 0.6) is 17.2 Å². The summed E-state index contributed by atoms with van der Waals surface area (Å²) in [6.07, 6.45) is 3.32. The Morgan fingerprint density at radius 1 is 0.761 bits per heavy atom. The summed E-state index contributed by atoms with van der Waals surface area (Å²) >= 11 is 0. The molecular weight excluding hydrogens is 586 g/mol. The number of carbonyl (C=O) groups is 4. The molecule has 3 amide bonds. The van der Waals surface area contributed by atoms with Crippen molar-refractivity contribution in [1.29, 1.82) is 0 Å². The van der Waals surface area contributed by atoms with E-state index in [1.807, 2.05) is 24.3 Å². The number of amides is 3. The molecule has 4 aromatic carbocycles. The third-order valence-corrected chi connectivity index (χ3v) is 7.62. The molecule has 46 heavy (non-hydrogen) atoms. The van der Waals surface area contributed by atoms with E-state index in [-0.39, 0.29) is 47.5 Å². The maximum absolute atomic E-state index is 12.5. The van der Waals surface area contributed by atoms with Crippen LogP contribution in [0, 0.1) is 0 Å². The van der Waals surface area contributed by atoms with Gasteiger partial charge in [-0.05, 0) is 98.8 Å². The van der Waals surface area contributed by atoms with Gasteiger partial charge < -0.3 is 30.5 Å². The normalized spacial score (nSPS) is 15.7. The second-order valence-electron chi connectivity index (χ2n) is 11.1. The van der Waals surface area contributed by atoms with E-state index >= 15 is 0 Å². The number of nitrogens with one attached hydrogen (secondary N) is 3. The topological polar surface area (TPSA) is 143 Å². The zero-order chi connectivity index (χ0) is 32.5. The van der Waals surface area contributed by atoms with E-state index < -0.39 is 5.97 Å². The highest BCUT2D eigenvalue weighted by Crippen LogP contribution is 2.28. The molecule has 0 saturated heterocycles. The lowest BCUT2D eigenvalue weighted by Gasteiger charge is -2.29. The Morgan fingerprint density at radius 2 is 1.41 bits per heavy atom. The molecule has 4 N–H and O–H groups in total. The number of Topliss-reactive ketones (excluding diaryl/α,β-unsaturated/α-hetero) is 1. The lowest BCUT2D eigenvalue weighted by atomic mass is 9.93. The van der Waals surface area contributed by atoms with Gasteiger partial charge in [0.25, 0.3) is 0 Å². The van der Waals surface area contributed by atoms with Crippen molar-refractivity contribution in [1.82, 2.24) is 5.32 Å². The van der Waals surface area contributed by atoms with Gasteiger partial charge in [0, 0.05) is 17.3 Å². The van der Waals surface area contributed by atoms with Crippen molar-refractivity contribution in [2.75, 3.05) is 10.6 Å². The number of para-hydroxylation sites is 1. The van der Waals surface area contributed by atoms with Crippen LogP contribution < -0.4 is 25.4 Å². The molecule has 10 heteroatoms. The molecule has 0 aliphatic heterocycles. The number of benzene rings is 4. The van der Waals surface area contributed by atoms with Crippen LogP contribution in [0.4, 0.5) is 16.2 Å². The van der Waals surface area contributed by atoms with Crippen LogP contribution in [-0.2, 0) is 11.2 Å². The van der Waals surface area contributed by atoms with Gasteiger partial charge in [-0.3, -0.25) is 9.59 Å². The predicted molar refractivity (Wildman–Crippen MR) is 174 cm³/mol. The summed E-state index contributed by atoms with van der Waals surface area (Å²) in [4.78, 5) is 47.9. The van der Waals surface area contributed by atoms with Crippen molar-refractivity contribution >= 4 is 35.1 Å². The molecule has 4 aromatic rings. The van der Waals surface area contributed by atoms with Crippen molar-refractivity contribution in [2.45, 2.75) is 51.2 Å². The van der Waals surface area contributed by atoms with E-state index in [1.54, 1.807) is 66.7 Å². The largest absolute Gasteiger partial charge is 0.490 e. The average Bonchev–Trinajstić information content (AvgIpc) is 3.04. The Morgan fingerprint density at radius 3 is 2.09 bits per heavy atom. The molecule has 0 heterocycles. The maximum Gasteiger partial charge on any atom is 0.337 e. The van der Waals surface area contributed by atoms with Crippen LogP contribution in [0.1, 0.15) is 58.9 Å². The van der Waals surface area contributed by atoms with Crippen LogP contribution >= 0.6 is 0 Å². The summed E-state index contributed by atoms with van der Waals surface area (Å²) in [7, 11) is 0. The van der Waals surface area contributed by atoms with Crippen molar-refractivity contribution in [2.24, 2.45) is 0 Å². The van der Waals surface area contributed by atoms with Gasteiger partial charge >= 0.3 is 12.0 Å². The van der Waals surface area contributed by atoms with Gasteiger partial charge in [0.2, 0.25) is 5.91 Å². The van der Waals surface area contributed by atoms with Crippen molar-refractivity contribution < 1.29 is 33.8 Å². The van der Waals surface area contributed by atoms with Gasteiger partial charge in [-0.1, -0.05) is 36.4 Å². The number of carboxylic acid groups (broad SMARTS) is 1. The third kappa shape index (κ3) is 8.95. The molecular formula is C36H35N3O7. The second kappa shape index (κ2) is 14.9. The van der Waals surface area contributed by atoms with Crippen molar-refractivity contribution in [3.05, 3.63) is 114 Å². The van der Waals surface area contributed by atoms with Crippen molar-refractivity contribution in [3.8, 4) is 17.2 Å². The first-order chi connectivity index (χ1) is 22.2. The fraction of sp³-hybridized carbons (Fsp3) is 0.222. The van der Waals surface area contributed by atoms with Gasteiger partial charge in [-0.15, -0.1) is 0 Å². The number of urea groups is 1. The number of aromatic carboxylic acids is 1. The highest BCUT2D eigenvalue weighted by atomic mass is 16.5. The molecule has 5 rings (SSSR count). The van der Waals surface area contributed by atoms with Crippen LogP contribution in [0.3, 0.4) is 0 Å². The van der Waals surface area contributed by atoms with Gasteiger partial charge in [0.15, 0.2) is 5.78 Å². The first-order valence-electron chi connectivity index (χ1n) is 15.1. The average molecular weight is 622 g/mol. The summed E-state index contributed by atoms with van der Waals surface area (Å²) in [5.74, 6) is 0.498. The van der Waals surface area contributed by atoms with Gasteiger partial charge in [-0.2, -0.15) is 0 Å². The molecule has 1 fully saturated rings. The van der Waals surface area contributed by atoms with Crippen molar-refractivity contribution in [3.63, 3.8) is 0 Å². The van der Waals surface area contributed by atoms with Gasteiger partial charge in [-0.25, -0.2) is 9.59 Å². The summed E-state index contributed by atoms with van der Waals surface area (Å²) in [5, 5.41) is 17.8. The number of ether oxygens (including phenoxy) is 2. The third-order valence-electron chi connectivity index (χ3n) is 7.62. The monoisotopic (exact) mass is 621 g/mol. The Kier molecular flexibility index (Phi) is 10.3. The SMILES string of the molecule is CC(=O)c1cccc(NC(=O)NC2CCC(Oc3ccc(Oc4ccc(CC(=O)Nc5ccccc5C(=O)O)cc4)cc3)CC2)c1. The van der Waals surface area contributed by atoms with Crippen LogP contribution in [0.25, 0.3) is 0 Å². The van der Waals surface area contributed by atoms with E-state index in [9.17, 15) is 24.3 Å². The van der Waals surface area contributed by atoms with Gasteiger partial charge in [0.05, 0.1) is 23.8 Å². The minimum atomic E-state index is -1.10. The highest BCUT2D eigenvalue weighted by Gasteiger charge is 2.24. The lowest BCUT2D eigenvalue weighted by Crippen LogP contribution is -2.41. The molecule has 0 radical (unpaired) electrons. The Bertz CT molecular complexity index is 1700. The van der Waals surface area contributed by atoms with E-state index in [2.05, 4.69) is 16.0 Å². The first kappa shape index (κ1) is 31.8. The Hall–Kier alpha value is -5.64. The molecule has 0 aromatic heterocycles. The quantitative estimate of drug-likeness (QED) is 0.131. The first-order valence-corrected chi connectivity index (χ1v) is 15.1. The van der Waals surface area contributed by atoms with E-state index in [1.165, 1.54) is 13.0 Å².